The average molecular weight is 238 g/mol. The van der Waals surface area contributed by atoms with Crippen molar-refractivity contribution < 1.29 is 9.53 Å². The summed E-state index contributed by atoms with van der Waals surface area (Å²) in [6.45, 7) is 5.80. The number of rotatable bonds is 0. The van der Waals surface area contributed by atoms with E-state index in [0.29, 0.717) is 24.2 Å². The summed E-state index contributed by atoms with van der Waals surface area (Å²) >= 11 is 0. The van der Waals surface area contributed by atoms with Gasteiger partial charge in [0.05, 0.1) is 12.1 Å². The largest absolute Gasteiger partial charge is 0.444 e. The van der Waals surface area contributed by atoms with Crippen molar-refractivity contribution in [1.82, 2.24) is 10.2 Å². The highest BCUT2D eigenvalue weighted by Crippen LogP contribution is 2.40. The lowest BCUT2D eigenvalue weighted by atomic mass is 9.73. The van der Waals surface area contributed by atoms with Gasteiger partial charge in [0.2, 0.25) is 0 Å². The molecule has 0 aliphatic carbocycles. The number of hydrogen-bond donors (Lipinski definition) is 1. The fourth-order valence-corrected chi connectivity index (χ4v) is 3.65. The van der Waals surface area contributed by atoms with Gasteiger partial charge in [0.15, 0.2) is 0 Å². The standard InChI is InChI=1S/C13H22N2O2/c1-13(2,3)17-12(16)15-10-6-4-8-11(15)7-5-9(10)14-8/h8-11,14H,4-7H2,1-3H3/t8?,9?,10-,11?/m1/s1. The second-order valence-corrected chi connectivity index (χ2v) is 6.56. The van der Waals surface area contributed by atoms with Crippen LogP contribution < -0.4 is 5.32 Å². The van der Waals surface area contributed by atoms with Crippen molar-refractivity contribution in [2.45, 2.75) is 76.2 Å². The van der Waals surface area contributed by atoms with E-state index < -0.39 is 0 Å². The Labute approximate surface area is 103 Å². The molecule has 5 saturated heterocycles. The molecule has 0 radical (unpaired) electrons. The Morgan fingerprint density at radius 3 is 2.12 bits per heavy atom. The van der Waals surface area contributed by atoms with Crippen LogP contribution in [0.4, 0.5) is 4.79 Å². The lowest BCUT2D eigenvalue weighted by molar-refractivity contribution is -0.0680. The number of carbonyl (C=O) groups excluding carboxylic acids is 1. The van der Waals surface area contributed by atoms with Crippen molar-refractivity contribution in [2.75, 3.05) is 0 Å². The summed E-state index contributed by atoms with van der Waals surface area (Å²) < 4.78 is 5.54. The molecule has 1 amide bonds. The van der Waals surface area contributed by atoms with Crippen LogP contribution in [0.25, 0.3) is 0 Å². The molecule has 5 aliphatic heterocycles. The van der Waals surface area contributed by atoms with Gasteiger partial charge in [-0.1, -0.05) is 0 Å². The van der Waals surface area contributed by atoms with Crippen molar-refractivity contribution in [3.63, 3.8) is 0 Å². The van der Waals surface area contributed by atoms with Crippen molar-refractivity contribution in [3.8, 4) is 0 Å². The molecule has 1 N–H and O–H groups in total. The number of hydrogen-bond acceptors (Lipinski definition) is 3. The maximum Gasteiger partial charge on any atom is 0.410 e. The predicted molar refractivity (Wildman–Crippen MR) is 64.8 cm³/mol. The molecule has 4 nitrogen and oxygen atoms in total. The van der Waals surface area contributed by atoms with Crippen LogP contribution in [0.2, 0.25) is 0 Å². The first-order chi connectivity index (χ1) is 7.96. The zero-order valence-corrected chi connectivity index (χ0v) is 10.9. The molecule has 17 heavy (non-hydrogen) atoms. The van der Waals surface area contributed by atoms with Gasteiger partial charge in [-0.2, -0.15) is 0 Å². The SMILES string of the molecule is CC(C)(C)OC(=O)N1C2CCC3NC2CC[C@H]31. The first-order valence-electron chi connectivity index (χ1n) is 6.73. The third-order valence-electron chi connectivity index (χ3n) is 4.22. The first-order valence-corrected chi connectivity index (χ1v) is 6.73. The van der Waals surface area contributed by atoms with Crippen LogP contribution in [0, 0.1) is 0 Å². The summed E-state index contributed by atoms with van der Waals surface area (Å²) in [5.74, 6) is 0. The predicted octanol–water partition coefficient (Wildman–Crippen LogP) is 1.89. The van der Waals surface area contributed by atoms with Crippen molar-refractivity contribution >= 4 is 6.09 Å². The van der Waals surface area contributed by atoms with E-state index in [9.17, 15) is 4.79 Å². The minimum absolute atomic E-state index is 0.108. The first kappa shape index (κ1) is 11.3. The second-order valence-electron chi connectivity index (χ2n) is 6.56. The minimum atomic E-state index is -0.388. The van der Waals surface area contributed by atoms with Crippen LogP contribution in [0.3, 0.4) is 0 Å². The fraction of sp³-hybridized carbons (Fsp3) is 0.923. The van der Waals surface area contributed by atoms with Crippen LogP contribution in [0.5, 0.6) is 0 Å². The van der Waals surface area contributed by atoms with E-state index in [1.807, 2.05) is 25.7 Å². The molecule has 0 saturated carbocycles. The Hall–Kier alpha value is -0.770. The molecule has 5 aliphatic rings. The van der Waals surface area contributed by atoms with Crippen LogP contribution in [0.1, 0.15) is 46.5 Å². The van der Waals surface area contributed by atoms with Crippen LogP contribution in [-0.4, -0.2) is 40.8 Å². The molecule has 0 spiro atoms. The van der Waals surface area contributed by atoms with E-state index in [2.05, 4.69) is 5.32 Å². The van der Waals surface area contributed by atoms with E-state index in [1.165, 1.54) is 12.8 Å². The third kappa shape index (κ3) is 1.82. The van der Waals surface area contributed by atoms with Crippen molar-refractivity contribution in [2.24, 2.45) is 0 Å². The molecular formula is C13H22N2O2. The van der Waals surface area contributed by atoms with Crippen molar-refractivity contribution in [1.29, 1.82) is 0 Å². The third-order valence-corrected chi connectivity index (χ3v) is 4.22. The number of nitrogens with zero attached hydrogens (tertiary/aromatic N) is 1. The second kappa shape index (κ2) is 3.61. The molecule has 0 aromatic carbocycles. The van der Waals surface area contributed by atoms with Crippen LogP contribution >= 0.6 is 0 Å². The Balaban J connectivity index is 1.78. The quantitative estimate of drug-likeness (QED) is 0.700. The van der Waals surface area contributed by atoms with Crippen LogP contribution in [0.15, 0.2) is 0 Å². The van der Waals surface area contributed by atoms with Gasteiger partial charge in [0.25, 0.3) is 0 Å². The van der Waals surface area contributed by atoms with Gasteiger partial charge < -0.3 is 10.1 Å². The summed E-state index contributed by atoms with van der Waals surface area (Å²) in [6, 6.07) is 1.75. The van der Waals surface area contributed by atoms with E-state index in [0.717, 1.165) is 12.8 Å². The summed E-state index contributed by atoms with van der Waals surface area (Å²) in [5, 5.41) is 3.65. The maximum atomic E-state index is 12.3. The molecule has 4 bridgehead atoms. The number of nitrogens with one attached hydrogen (secondary N) is 1. The molecule has 5 rings (SSSR count). The van der Waals surface area contributed by atoms with Crippen LogP contribution in [-0.2, 0) is 4.74 Å². The Morgan fingerprint density at radius 2 is 1.65 bits per heavy atom. The minimum Gasteiger partial charge on any atom is -0.444 e. The van der Waals surface area contributed by atoms with Gasteiger partial charge in [-0.05, 0) is 46.5 Å². The van der Waals surface area contributed by atoms with Gasteiger partial charge in [-0.3, -0.25) is 4.90 Å². The van der Waals surface area contributed by atoms with Gasteiger partial charge in [-0.25, -0.2) is 4.79 Å². The topological polar surface area (TPSA) is 41.6 Å². The number of amides is 1. The van der Waals surface area contributed by atoms with E-state index in [1.54, 1.807) is 0 Å². The Bertz CT molecular complexity index is 319. The molecule has 4 atom stereocenters. The lowest BCUT2D eigenvalue weighted by Gasteiger charge is -2.59. The van der Waals surface area contributed by atoms with E-state index in [-0.39, 0.29) is 11.7 Å². The van der Waals surface area contributed by atoms with Crippen molar-refractivity contribution in [3.05, 3.63) is 0 Å². The number of ether oxygens (including phenoxy) is 1. The zero-order chi connectivity index (χ0) is 12.2. The highest BCUT2D eigenvalue weighted by Gasteiger charge is 2.53. The number of fused-ring (bicyclic) bond motifs is 2. The van der Waals surface area contributed by atoms with E-state index >= 15 is 0 Å². The maximum absolute atomic E-state index is 12.3. The molecule has 0 aromatic heterocycles. The van der Waals surface area contributed by atoms with Gasteiger partial charge in [0.1, 0.15) is 5.60 Å². The highest BCUT2D eigenvalue weighted by atomic mass is 16.6. The lowest BCUT2D eigenvalue weighted by Crippen LogP contribution is -2.75. The summed E-state index contributed by atoms with van der Waals surface area (Å²) in [4.78, 5) is 14.3. The number of carbonyl (C=O) groups is 1. The molecule has 3 unspecified atom stereocenters. The van der Waals surface area contributed by atoms with Gasteiger partial charge >= 0.3 is 6.09 Å². The molecule has 96 valence electrons. The summed E-state index contributed by atoms with van der Waals surface area (Å²) in [6.07, 6.45) is 4.59. The molecule has 4 heteroatoms. The van der Waals surface area contributed by atoms with E-state index in [4.69, 9.17) is 4.74 Å². The molecule has 5 fully saturated rings. The Morgan fingerprint density at radius 1 is 1.12 bits per heavy atom. The molecular weight excluding hydrogens is 216 g/mol. The molecule has 0 aromatic rings. The van der Waals surface area contributed by atoms with Gasteiger partial charge in [-0.15, -0.1) is 0 Å². The number of piperazine rings is 1. The molecule has 5 heterocycles. The number of piperidine rings is 4. The zero-order valence-electron chi connectivity index (χ0n) is 10.9. The fourth-order valence-electron chi connectivity index (χ4n) is 3.65. The smallest absolute Gasteiger partial charge is 0.410 e. The van der Waals surface area contributed by atoms with Gasteiger partial charge in [0, 0.05) is 12.1 Å². The summed E-state index contributed by atoms with van der Waals surface area (Å²) in [7, 11) is 0. The monoisotopic (exact) mass is 238 g/mol. The Kier molecular flexibility index (Phi) is 2.41. The normalized spacial score (nSPS) is 39.6. The average Bonchev–Trinajstić information content (AvgIpc) is 2.26. The summed E-state index contributed by atoms with van der Waals surface area (Å²) in [5.41, 5.74) is -0.388. The highest BCUT2D eigenvalue weighted by molar-refractivity contribution is 5.70.